The Kier molecular flexibility index (Phi) is 2.68. The number of rotatable bonds is 2. The molecular weight excluding hydrogens is 218 g/mol. The molecule has 0 amide bonds. The Morgan fingerprint density at radius 1 is 1.24 bits per heavy atom. The van der Waals surface area contributed by atoms with Crippen LogP contribution in [0.5, 0.6) is 11.5 Å². The molecule has 1 aromatic carbocycles. The molecular formula is C13H17NO3. The van der Waals surface area contributed by atoms with E-state index < -0.39 is 0 Å². The zero-order chi connectivity index (χ0) is 11.7. The molecule has 2 heterocycles. The topological polar surface area (TPSA) is 39.7 Å². The van der Waals surface area contributed by atoms with Crippen LogP contribution in [-0.4, -0.2) is 33.4 Å². The van der Waals surface area contributed by atoms with Crippen molar-refractivity contribution >= 4 is 0 Å². The van der Waals surface area contributed by atoms with Crippen LogP contribution < -0.4 is 14.8 Å². The maximum Gasteiger partial charge on any atom is 0.161 e. The summed E-state index contributed by atoms with van der Waals surface area (Å²) in [5.41, 5.74) is 0.949. The van der Waals surface area contributed by atoms with Gasteiger partial charge in [-0.05, 0) is 30.7 Å². The van der Waals surface area contributed by atoms with Crippen molar-refractivity contribution in [1.82, 2.24) is 5.32 Å². The van der Waals surface area contributed by atoms with Crippen LogP contribution in [0, 0.1) is 0 Å². The van der Waals surface area contributed by atoms with Crippen molar-refractivity contribution in [2.45, 2.75) is 12.0 Å². The lowest BCUT2D eigenvalue weighted by Crippen LogP contribution is -2.31. The summed E-state index contributed by atoms with van der Waals surface area (Å²) in [7, 11) is 1.77. The van der Waals surface area contributed by atoms with E-state index in [0.717, 1.165) is 36.6 Å². The number of methoxy groups -OCH3 is 1. The molecule has 1 aromatic rings. The van der Waals surface area contributed by atoms with E-state index in [9.17, 15) is 0 Å². The smallest absolute Gasteiger partial charge is 0.161 e. The lowest BCUT2D eigenvalue weighted by molar-refractivity contribution is 0.00287. The van der Waals surface area contributed by atoms with Crippen molar-refractivity contribution in [2.24, 2.45) is 0 Å². The number of fused-ring (bicyclic) bond motifs is 1. The number of nitrogens with one attached hydrogen (secondary N) is 1. The zero-order valence-electron chi connectivity index (χ0n) is 9.99. The van der Waals surface area contributed by atoms with E-state index >= 15 is 0 Å². The summed E-state index contributed by atoms with van der Waals surface area (Å²) in [6.07, 6.45) is 0.989. The third-order valence-corrected chi connectivity index (χ3v) is 3.58. The summed E-state index contributed by atoms with van der Waals surface area (Å²) in [4.78, 5) is 0. The summed E-state index contributed by atoms with van der Waals surface area (Å²) in [6.45, 7) is 3.09. The molecule has 1 N–H and O–H groups in total. The number of ether oxygens (including phenoxy) is 3. The second-order valence-corrected chi connectivity index (χ2v) is 4.48. The molecule has 17 heavy (non-hydrogen) atoms. The minimum atomic E-state index is -0.212. The summed E-state index contributed by atoms with van der Waals surface area (Å²) >= 11 is 0. The fourth-order valence-electron chi connectivity index (χ4n) is 2.53. The molecule has 1 unspecified atom stereocenters. The standard InChI is InChI=1S/C13H17NO3/c1-15-13(4-5-14-9-13)10-2-3-11-12(8-10)17-7-6-16-11/h2-3,8,14H,4-7,9H2,1H3. The van der Waals surface area contributed by atoms with Crippen LogP contribution in [-0.2, 0) is 10.3 Å². The average molecular weight is 235 g/mol. The van der Waals surface area contributed by atoms with Gasteiger partial charge < -0.3 is 19.5 Å². The maximum absolute atomic E-state index is 5.72. The van der Waals surface area contributed by atoms with Crippen LogP contribution in [0.3, 0.4) is 0 Å². The number of hydrogen-bond acceptors (Lipinski definition) is 4. The highest BCUT2D eigenvalue weighted by Crippen LogP contribution is 2.38. The van der Waals surface area contributed by atoms with E-state index in [1.54, 1.807) is 7.11 Å². The summed E-state index contributed by atoms with van der Waals surface area (Å²) in [5, 5.41) is 3.35. The first kappa shape index (κ1) is 10.9. The van der Waals surface area contributed by atoms with Gasteiger partial charge in [0.05, 0.1) is 0 Å². The molecule has 0 aromatic heterocycles. The molecule has 0 saturated carbocycles. The monoisotopic (exact) mass is 235 g/mol. The van der Waals surface area contributed by atoms with Crippen LogP contribution in [0.2, 0.25) is 0 Å². The summed E-state index contributed by atoms with van der Waals surface area (Å²) in [5.74, 6) is 1.66. The molecule has 3 rings (SSSR count). The molecule has 0 radical (unpaired) electrons. The van der Waals surface area contributed by atoms with Crippen molar-refractivity contribution in [3.63, 3.8) is 0 Å². The lowest BCUT2D eigenvalue weighted by atomic mass is 9.92. The lowest BCUT2D eigenvalue weighted by Gasteiger charge is -2.28. The van der Waals surface area contributed by atoms with Crippen molar-refractivity contribution in [1.29, 1.82) is 0 Å². The molecule has 2 aliphatic rings. The van der Waals surface area contributed by atoms with Gasteiger partial charge in [0.2, 0.25) is 0 Å². The molecule has 1 fully saturated rings. The molecule has 4 heteroatoms. The van der Waals surface area contributed by atoms with Gasteiger partial charge in [0.1, 0.15) is 18.8 Å². The Labute approximate surface area is 101 Å². The van der Waals surface area contributed by atoms with Gasteiger partial charge in [0, 0.05) is 13.7 Å². The van der Waals surface area contributed by atoms with Crippen LogP contribution in [0.25, 0.3) is 0 Å². The third-order valence-electron chi connectivity index (χ3n) is 3.58. The van der Waals surface area contributed by atoms with Gasteiger partial charge in [-0.25, -0.2) is 0 Å². The molecule has 2 aliphatic heterocycles. The van der Waals surface area contributed by atoms with E-state index in [0.29, 0.717) is 13.2 Å². The fourth-order valence-corrected chi connectivity index (χ4v) is 2.53. The largest absolute Gasteiger partial charge is 0.486 e. The van der Waals surface area contributed by atoms with Crippen molar-refractivity contribution < 1.29 is 14.2 Å². The van der Waals surface area contributed by atoms with Crippen LogP contribution >= 0.6 is 0 Å². The van der Waals surface area contributed by atoms with Crippen LogP contribution in [0.15, 0.2) is 18.2 Å². The highest BCUT2D eigenvalue weighted by molar-refractivity contribution is 5.45. The predicted octanol–water partition coefficient (Wildman–Crippen LogP) is 1.29. The van der Waals surface area contributed by atoms with Gasteiger partial charge in [-0.2, -0.15) is 0 Å². The molecule has 0 bridgehead atoms. The maximum atomic E-state index is 5.72. The first-order valence-corrected chi connectivity index (χ1v) is 6.00. The van der Waals surface area contributed by atoms with E-state index in [4.69, 9.17) is 14.2 Å². The summed E-state index contributed by atoms with van der Waals surface area (Å²) in [6, 6.07) is 6.10. The number of benzene rings is 1. The van der Waals surface area contributed by atoms with Gasteiger partial charge in [-0.15, -0.1) is 0 Å². The van der Waals surface area contributed by atoms with Crippen LogP contribution in [0.1, 0.15) is 12.0 Å². The fraction of sp³-hybridized carbons (Fsp3) is 0.538. The van der Waals surface area contributed by atoms with Crippen molar-refractivity contribution in [3.8, 4) is 11.5 Å². The second-order valence-electron chi connectivity index (χ2n) is 4.48. The van der Waals surface area contributed by atoms with Gasteiger partial charge in [0.15, 0.2) is 11.5 Å². The first-order chi connectivity index (χ1) is 8.34. The predicted molar refractivity (Wildman–Crippen MR) is 63.6 cm³/mol. The molecule has 4 nitrogen and oxygen atoms in total. The Morgan fingerprint density at radius 2 is 2.06 bits per heavy atom. The minimum absolute atomic E-state index is 0.212. The molecule has 0 aliphatic carbocycles. The molecule has 1 atom stereocenters. The SMILES string of the molecule is COC1(c2ccc3c(c2)OCCO3)CCNC1. The van der Waals surface area contributed by atoms with Crippen LogP contribution in [0.4, 0.5) is 0 Å². The highest BCUT2D eigenvalue weighted by Gasteiger charge is 2.36. The van der Waals surface area contributed by atoms with Crippen molar-refractivity contribution in [2.75, 3.05) is 33.4 Å². The number of hydrogen-bond donors (Lipinski definition) is 1. The highest BCUT2D eigenvalue weighted by atomic mass is 16.6. The second kappa shape index (κ2) is 4.20. The quantitative estimate of drug-likeness (QED) is 0.838. The van der Waals surface area contributed by atoms with Gasteiger partial charge in [-0.3, -0.25) is 0 Å². The normalized spacial score (nSPS) is 27.1. The molecule has 0 spiro atoms. The Bertz CT molecular complexity index is 413. The van der Waals surface area contributed by atoms with Gasteiger partial charge in [-0.1, -0.05) is 6.07 Å². The Balaban J connectivity index is 1.97. The van der Waals surface area contributed by atoms with Gasteiger partial charge in [0.25, 0.3) is 0 Å². The van der Waals surface area contributed by atoms with E-state index in [1.165, 1.54) is 0 Å². The minimum Gasteiger partial charge on any atom is -0.486 e. The van der Waals surface area contributed by atoms with E-state index in [2.05, 4.69) is 11.4 Å². The zero-order valence-corrected chi connectivity index (χ0v) is 9.99. The molecule has 92 valence electrons. The average Bonchev–Trinajstić information content (AvgIpc) is 2.88. The third kappa shape index (κ3) is 1.77. The van der Waals surface area contributed by atoms with E-state index in [-0.39, 0.29) is 5.60 Å². The Morgan fingerprint density at radius 3 is 2.76 bits per heavy atom. The summed E-state index contributed by atoms with van der Waals surface area (Å²) < 4.78 is 16.9. The van der Waals surface area contributed by atoms with E-state index in [1.807, 2.05) is 12.1 Å². The molecule has 1 saturated heterocycles. The van der Waals surface area contributed by atoms with Crippen molar-refractivity contribution in [3.05, 3.63) is 23.8 Å². The Hall–Kier alpha value is -1.26. The van der Waals surface area contributed by atoms with Gasteiger partial charge >= 0.3 is 0 Å². The first-order valence-electron chi connectivity index (χ1n) is 6.00.